The van der Waals surface area contributed by atoms with E-state index >= 15 is 0 Å². The van der Waals surface area contributed by atoms with Crippen molar-refractivity contribution in [3.63, 3.8) is 0 Å². The van der Waals surface area contributed by atoms with Crippen molar-refractivity contribution in [1.82, 2.24) is 0 Å². The summed E-state index contributed by atoms with van der Waals surface area (Å²) in [6.07, 6.45) is 12.2. The lowest BCUT2D eigenvalue weighted by molar-refractivity contribution is -0.262. The molecular weight excluding hydrogens is 336 g/mol. The van der Waals surface area contributed by atoms with Crippen LogP contribution in [0.25, 0.3) is 0 Å². The van der Waals surface area contributed by atoms with Gasteiger partial charge in [-0.1, -0.05) is 26.7 Å². The van der Waals surface area contributed by atoms with Crippen molar-refractivity contribution in [1.29, 1.82) is 0 Å². The SMILES string of the molecule is COCC1CC2C3C(OC(C)(C)O)CC4CCCC[C@]4(C)C3CC[C@]2(C)C1. The molecule has 0 bridgehead atoms. The maximum atomic E-state index is 10.5. The van der Waals surface area contributed by atoms with E-state index in [-0.39, 0.29) is 6.10 Å². The molecule has 4 aliphatic rings. The van der Waals surface area contributed by atoms with Gasteiger partial charge in [0.1, 0.15) is 0 Å². The van der Waals surface area contributed by atoms with E-state index in [9.17, 15) is 5.11 Å². The second kappa shape index (κ2) is 6.99. The Morgan fingerprint density at radius 1 is 1.04 bits per heavy atom. The number of ether oxygens (including phenoxy) is 2. The van der Waals surface area contributed by atoms with Gasteiger partial charge in [0.2, 0.25) is 0 Å². The van der Waals surface area contributed by atoms with E-state index in [1.165, 1.54) is 51.4 Å². The molecular formula is C24H42O3. The first-order valence-electron chi connectivity index (χ1n) is 11.6. The fourth-order valence-corrected chi connectivity index (χ4v) is 8.30. The Kier molecular flexibility index (Phi) is 5.22. The van der Waals surface area contributed by atoms with Crippen LogP contribution >= 0.6 is 0 Å². The third kappa shape index (κ3) is 3.51. The summed E-state index contributed by atoms with van der Waals surface area (Å²) in [5.74, 6) is 2.54. The van der Waals surface area contributed by atoms with Crippen molar-refractivity contribution in [2.24, 2.45) is 40.4 Å². The molecule has 3 nitrogen and oxygen atoms in total. The molecule has 4 rings (SSSR count). The lowest BCUT2D eigenvalue weighted by Crippen LogP contribution is -2.58. The Balaban J connectivity index is 1.67. The van der Waals surface area contributed by atoms with Gasteiger partial charge in [-0.25, -0.2) is 0 Å². The van der Waals surface area contributed by atoms with Crippen LogP contribution in [0.15, 0.2) is 0 Å². The third-order valence-electron chi connectivity index (χ3n) is 9.28. The Morgan fingerprint density at radius 2 is 1.81 bits per heavy atom. The van der Waals surface area contributed by atoms with Gasteiger partial charge in [0.25, 0.3) is 0 Å². The fraction of sp³-hybridized carbons (Fsp3) is 1.00. The van der Waals surface area contributed by atoms with E-state index in [2.05, 4.69) is 13.8 Å². The van der Waals surface area contributed by atoms with Crippen LogP contribution in [0.2, 0.25) is 0 Å². The second-order valence-electron chi connectivity index (χ2n) is 11.5. The number of aliphatic hydroxyl groups is 1. The molecule has 156 valence electrons. The maximum absolute atomic E-state index is 10.5. The van der Waals surface area contributed by atoms with Gasteiger partial charge in [-0.2, -0.15) is 0 Å². The van der Waals surface area contributed by atoms with Crippen LogP contribution in [0.4, 0.5) is 0 Å². The second-order valence-corrected chi connectivity index (χ2v) is 11.5. The minimum atomic E-state index is -1.03. The van der Waals surface area contributed by atoms with Crippen LogP contribution in [-0.4, -0.2) is 30.7 Å². The van der Waals surface area contributed by atoms with E-state index < -0.39 is 5.79 Å². The molecule has 8 atom stereocenters. The zero-order valence-corrected chi connectivity index (χ0v) is 18.3. The zero-order chi connectivity index (χ0) is 19.4. The van der Waals surface area contributed by atoms with E-state index in [1.807, 2.05) is 21.0 Å². The monoisotopic (exact) mass is 378 g/mol. The van der Waals surface area contributed by atoms with Gasteiger partial charge in [0.05, 0.1) is 6.10 Å². The van der Waals surface area contributed by atoms with Gasteiger partial charge in [-0.3, -0.25) is 0 Å². The summed E-state index contributed by atoms with van der Waals surface area (Å²) in [6.45, 7) is 9.70. The molecule has 3 heteroatoms. The predicted molar refractivity (Wildman–Crippen MR) is 108 cm³/mol. The molecule has 0 saturated heterocycles. The molecule has 1 N–H and O–H groups in total. The molecule has 6 unspecified atom stereocenters. The lowest BCUT2D eigenvalue weighted by atomic mass is 9.44. The van der Waals surface area contributed by atoms with Crippen molar-refractivity contribution >= 4 is 0 Å². The molecule has 0 aliphatic heterocycles. The maximum Gasteiger partial charge on any atom is 0.160 e. The summed E-state index contributed by atoms with van der Waals surface area (Å²) in [6, 6.07) is 0. The first-order chi connectivity index (χ1) is 12.7. The summed E-state index contributed by atoms with van der Waals surface area (Å²) in [7, 11) is 1.85. The minimum Gasteiger partial charge on any atom is -0.384 e. The standard InChI is InChI=1S/C24H42O3/c1-22(2,25)27-20-13-17-8-6-7-10-24(17,4)18-9-11-23(3)14-16(15-26-5)12-19(23)21(18)20/h16-21,25H,6-15H2,1-5H3/t16?,17?,18?,19?,20?,21?,23-,24+/m1/s1. The van der Waals surface area contributed by atoms with Crippen LogP contribution in [0.3, 0.4) is 0 Å². The highest BCUT2D eigenvalue weighted by atomic mass is 16.6. The highest BCUT2D eigenvalue weighted by Crippen LogP contribution is 2.67. The molecule has 0 amide bonds. The first-order valence-corrected chi connectivity index (χ1v) is 11.6. The predicted octanol–water partition coefficient (Wildman–Crippen LogP) is 5.41. The van der Waals surface area contributed by atoms with Gasteiger partial charge in [-0.05, 0) is 99.2 Å². The summed E-state index contributed by atoms with van der Waals surface area (Å²) in [4.78, 5) is 0. The Morgan fingerprint density at radius 3 is 2.52 bits per heavy atom. The highest BCUT2D eigenvalue weighted by molar-refractivity contribution is 5.10. The molecule has 4 fully saturated rings. The smallest absolute Gasteiger partial charge is 0.160 e. The number of methoxy groups -OCH3 is 1. The summed E-state index contributed by atoms with van der Waals surface area (Å²) >= 11 is 0. The molecule has 0 radical (unpaired) electrons. The largest absolute Gasteiger partial charge is 0.384 e. The third-order valence-corrected chi connectivity index (χ3v) is 9.28. The van der Waals surface area contributed by atoms with Crippen molar-refractivity contribution in [2.45, 2.75) is 97.4 Å². The Hall–Kier alpha value is -0.120. The highest BCUT2D eigenvalue weighted by Gasteiger charge is 2.61. The zero-order valence-electron chi connectivity index (χ0n) is 18.3. The van der Waals surface area contributed by atoms with Crippen LogP contribution in [0.5, 0.6) is 0 Å². The minimum absolute atomic E-state index is 0.220. The van der Waals surface area contributed by atoms with Crippen molar-refractivity contribution < 1.29 is 14.6 Å². The quantitative estimate of drug-likeness (QED) is 0.665. The first kappa shape index (κ1) is 20.2. The normalized spacial score (nSPS) is 50.0. The van der Waals surface area contributed by atoms with Gasteiger partial charge in [0, 0.05) is 13.7 Å². The Bertz CT molecular complexity index is 540. The fourth-order valence-electron chi connectivity index (χ4n) is 8.30. The van der Waals surface area contributed by atoms with Crippen LogP contribution in [0, 0.1) is 40.4 Å². The van der Waals surface area contributed by atoms with Crippen LogP contribution in [-0.2, 0) is 9.47 Å². The molecule has 0 heterocycles. The van der Waals surface area contributed by atoms with E-state index in [0.717, 1.165) is 30.8 Å². The van der Waals surface area contributed by atoms with Crippen LogP contribution < -0.4 is 0 Å². The number of hydrogen-bond donors (Lipinski definition) is 1. The summed E-state index contributed by atoms with van der Waals surface area (Å²) < 4.78 is 12.0. The summed E-state index contributed by atoms with van der Waals surface area (Å²) in [5.41, 5.74) is 0.923. The molecule has 4 saturated carbocycles. The van der Waals surface area contributed by atoms with Crippen molar-refractivity contribution in [3.8, 4) is 0 Å². The number of rotatable bonds is 4. The van der Waals surface area contributed by atoms with Crippen LogP contribution in [0.1, 0.15) is 85.5 Å². The van der Waals surface area contributed by atoms with Gasteiger partial charge < -0.3 is 14.6 Å². The Labute approximate surface area is 166 Å². The molecule has 0 aromatic rings. The topological polar surface area (TPSA) is 38.7 Å². The van der Waals surface area contributed by atoms with E-state index in [1.54, 1.807) is 0 Å². The average Bonchev–Trinajstić information content (AvgIpc) is 2.90. The van der Waals surface area contributed by atoms with Gasteiger partial charge in [-0.15, -0.1) is 0 Å². The van der Waals surface area contributed by atoms with Gasteiger partial charge >= 0.3 is 0 Å². The molecule has 4 aliphatic carbocycles. The lowest BCUT2D eigenvalue weighted by Gasteiger charge is -2.62. The van der Waals surface area contributed by atoms with E-state index in [4.69, 9.17) is 9.47 Å². The molecule has 0 aromatic carbocycles. The molecule has 0 spiro atoms. The molecule has 0 aromatic heterocycles. The number of hydrogen-bond acceptors (Lipinski definition) is 3. The average molecular weight is 379 g/mol. The number of fused-ring (bicyclic) bond motifs is 5. The van der Waals surface area contributed by atoms with Crippen molar-refractivity contribution in [2.75, 3.05) is 13.7 Å². The van der Waals surface area contributed by atoms with Crippen molar-refractivity contribution in [3.05, 3.63) is 0 Å². The molecule has 27 heavy (non-hydrogen) atoms. The summed E-state index contributed by atoms with van der Waals surface area (Å²) in [5, 5.41) is 10.5. The van der Waals surface area contributed by atoms with Gasteiger partial charge in [0.15, 0.2) is 5.79 Å². The van der Waals surface area contributed by atoms with E-state index in [0.29, 0.717) is 22.7 Å².